The Labute approximate surface area is 126 Å². The quantitative estimate of drug-likeness (QED) is 0.846. The van der Waals surface area contributed by atoms with Gasteiger partial charge in [-0.15, -0.1) is 13.2 Å². The summed E-state index contributed by atoms with van der Waals surface area (Å²) in [7, 11) is 1.80. The van der Waals surface area contributed by atoms with Crippen molar-refractivity contribution >= 4 is 27.3 Å². The fraction of sp³-hybridized carbons (Fsp3) is 0.231. The number of nitrogens with one attached hydrogen (secondary N) is 1. The molecule has 1 N–H and O–H groups in total. The van der Waals surface area contributed by atoms with E-state index in [1.165, 1.54) is 12.1 Å². The fourth-order valence-corrected chi connectivity index (χ4v) is 3.41. The molecule has 2 rings (SSSR count). The highest BCUT2D eigenvalue weighted by Crippen LogP contribution is 2.32. The molecule has 1 aromatic heterocycles. The van der Waals surface area contributed by atoms with Gasteiger partial charge < -0.3 is 10.1 Å². The Kier molecular flexibility index (Phi) is 4.72. The Bertz CT molecular complexity index is 568. The number of benzene rings is 1. The zero-order valence-electron chi connectivity index (χ0n) is 10.4. The van der Waals surface area contributed by atoms with Crippen LogP contribution in [0.2, 0.25) is 0 Å². The van der Waals surface area contributed by atoms with Crippen molar-refractivity contribution in [1.29, 1.82) is 0 Å². The Hall–Kier alpha value is -1.05. The van der Waals surface area contributed by atoms with Crippen LogP contribution in [0.4, 0.5) is 13.2 Å². The molecular formula is C13H11BrF3NOS. The highest BCUT2D eigenvalue weighted by atomic mass is 79.9. The maximum Gasteiger partial charge on any atom is 0.573 e. The maximum absolute atomic E-state index is 12.1. The third-order valence-corrected chi connectivity index (χ3v) is 4.44. The fourth-order valence-electron chi connectivity index (χ4n) is 1.86. The topological polar surface area (TPSA) is 21.3 Å². The predicted molar refractivity (Wildman–Crippen MR) is 76.0 cm³/mol. The molecule has 1 aromatic carbocycles. The molecular weight excluding hydrogens is 355 g/mol. The van der Waals surface area contributed by atoms with E-state index in [9.17, 15) is 13.2 Å². The van der Waals surface area contributed by atoms with Crippen molar-refractivity contribution in [2.24, 2.45) is 0 Å². The van der Waals surface area contributed by atoms with E-state index in [1.54, 1.807) is 30.5 Å². The Balaban J connectivity index is 2.22. The SMILES string of the molecule is CNC(c1ccc(OC(F)(F)F)cc1)c1cscc1Br. The van der Waals surface area contributed by atoms with Crippen molar-refractivity contribution in [3.05, 3.63) is 50.6 Å². The number of halogens is 4. The normalized spacial score (nSPS) is 13.2. The number of thiophene rings is 1. The lowest BCUT2D eigenvalue weighted by Gasteiger charge is -2.17. The standard InChI is InChI=1S/C13H11BrF3NOS/c1-18-12(10-6-20-7-11(10)14)8-2-4-9(5-3-8)19-13(15,16)17/h2-7,12,18H,1H3. The van der Waals surface area contributed by atoms with Gasteiger partial charge in [-0.2, -0.15) is 11.3 Å². The average molecular weight is 366 g/mol. The van der Waals surface area contributed by atoms with E-state index in [2.05, 4.69) is 26.0 Å². The van der Waals surface area contributed by atoms with Gasteiger partial charge in [-0.25, -0.2) is 0 Å². The molecule has 2 aromatic rings. The monoisotopic (exact) mass is 365 g/mol. The summed E-state index contributed by atoms with van der Waals surface area (Å²) in [6.07, 6.45) is -4.67. The minimum absolute atomic E-state index is 0.0874. The van der Waals surface area contributed by atoms with E-state index in [1.807, 2.05) is 10.8 Å². The number of hydrogen-bond acceptors (Lipinski definition) is 3. The van der Waals surface area contributed by atoms with Crippen LogP contribution >= 0.6 is 27.3 Å². The third-order valence-electron chi connectivity index (χ3n) is 2.69. The molecule has 0 amide bonds. The second kappa shape index (κ2) is 6.15. The van der Waals surface area contributed by atoms with Crippen LogP contribution in [-0.2, 0) is 0 Å². The Morgan fingerprint density at radius 2 is 1.85 bits per heavy atom. The van der Waals surface area contributed by atoms with Gasteiger partial charge in [0.05, 0.1) is 6.04 Å². The van der Waals surface area contributed by atoms with Crippen molar-refractivity contribution in [3.63, 3.8) is 0 Å². The largest absolute Gasteiger partial charge is 0.573 e. The molecule has 0 bridgehead atoms. The van der Waals surface area contributed by atoms with Gasteiger partial charge >= 0.3 is 6.36 Å². The lowest BCUT2D eigenvalue weighted by molar-refractivity contribution is -0.274. The second-order valence-electron chi connectivity index (χ2n) is 4.01. The smallest absolute Gasteiger partial charge is 0.406 e. The van der Waals surface area contributed by atoms with Gasteiger partial charge in [-0.05, 0) is 51.6 Å². The van der Waals surface area contributed by atoms with Gasteiger partial charge in [-0.1, -0.05) is 12.1 Å². The summed E-state index contributed by atoms with van der Waals surface area (Å²) >= 11 is 5.01. The first-order valence-corrected chi connectivity index (χ1v) is 7.39. The minimum Gasteiger partial charge on any atom is -0.406 e. The third kappa shape index (κ3) is 3.74. The zero-order chi connectivity index (χ0) is 14.8. The van der Waals surface area contributed by atoms with Crippen LogP contribution in [0.3, 0.4) is 0 Å². The van der Waals surface area contributed by atoms with Crippen molar-refractivity contribution in [3.8, 4) is 5.75 Å². The van der Waals surface area contributed by atoms with Crippen molar-refractivity contribution < 1.29 is 17.9 Å². The van der Waals surface area contributed by atoms with Crippen molar-refractivity contribution in [2.75, 3.05) is 7.05 Å². The van der Waals surface area contributed by atoms with Crippen LogP contribution in [0.15, 0.2) is 39.5 Å². The lowest BCUT2D eigenvalue weighted by Crippen LogP contribution is -2.18. The molecule has 0 saturated carbocycles. The first-order valence-electron chi connectivity index (χ1n) is 5.65. The first-order chi connectivity index (χ1) is 9.40. The average Bonchev–Trinajstić information content (AvgIpc) is 2.77. The molecule has 0 spiro atoms. The summed E-state index contributed by atoms with van der Waals surface area (Å²) < 4.78 is 41.1. The van der Waals surface area contributed by atoms with Gasteiger partial charge in [0.15, 0.2) is 0 Å². The number of rotatable bonds is 4. The molecule has 0 saturated heterocycles. The zero-order valence-corrected chi connectivity index (χ0v) is 12.8. The van der Waals surface area contributed by atoms with Crippen LogP contribution in [0, 0.1) is 0 Å². The van der Waals surface area contributed by atoms with Crippen LogP contribution < -0.4 is 10.1 Å². The maximum atomic E-state index is 12.1. The number of alkyl halides is 3. The van der Waals surface area contributed by atoms with E-state index in [-0.39, 0.29) is 11.8 Å². The van der Waals surface area contributed by atoms with E-state index in [4.69, 9.17) is 0 Å². The summed E-state index contributed by atoms with van der Waals surface area (Å²) in [5.74, 6) is -0.222. The first kappa shape index (κ1) is 15.3. The lowest BCUT2D eigenvalue weighted by atomic mass is 10.0. The van der Waals surface area contributed by atoms with Crippen LogP contribution in [0.1, 0.15) is 17.2 Å². The molecule has 0 radical (unpaired) electrons. The molecule has 7 heteroatoms. The summed E-state index contributed by atoms with van der Waals surface area (Å²) in [6.45, 7) is 0. The van der Waals surface area contributed by atoms with Gasteiger partial charge in [0.2, 0.25) is 0 Å². The van der Waals surface area contributed by atoms with Crippen LogP contribution in [0.25, 0.3) is 0 Å². The van der Waals surface area contributed by atoms with Crippen molar-refractivity contribution in [2.45, 2.75) is 12.4 Å². The molecule has 2 nitrogen and oxygen atoms in total. The summed E-state index contributed by atoms with van der Waals surface area (Å²) in [5.41, 5.74) is 1.91. The van der Waals surface area contributed by atoms with E-state index in [0.29, 0.717) is 0 Å². The van der Waals surface area contributed by atoms with E-state index >= 15 is 0 Å². The molecule has 0 fully saturated rings. The second-order valence-corrected chi connectivity index (χ2v) is 5.61. The number of ether oxygens (including phenoxy) is 1. The highest BCUT2D eigenvalue weighted by Gasteiger charge is 2.31. The Morgan fingerprint density at radius 3 is 2.30 bits per heavy atom. The molecule has 0 aliphatic carbocycles. The summed E-state index contributed by atoms with van der Waals surface area (Å²) in [6, 6.07) is 5.77. The summed E-state index contributed by atoms with van der Waals surface area (Å²) in [5, 5.41) is 7.09. The minimum atomic E-state index is -4.67. The Morgan fingerprint density at radius 1 is 1.20 bits per heavy atom. The molecule has 0 aliphatic rings. The molecule has 1 heterocycles. The highest BCUT2D eigenvalue weighted by molar-refractivity contribution is 9.10. The predicted octanol–water partition coefficient (Wildman–Crippen LogP) is 4.72. The van der Waals surface area contributed by atoms with Crippen LogP contribution in [-0.4, -0.2) is 13.4 Å². The molecule has 20 heavy (non-hydrogen) atoms. The molecule has 1 atom stereocenters. The van der Waals surface area contributed by atoms with Crippen molar-refractivity contribution in [1.82, 2.24) is 5.32 Å². The van der Waals surface area contributed by atoms with Gasteiger partial charge in [0, 0.05) is 9.85 Å². The van der Waals surface area contributed by atoms with Crippen LogP contribution in [0.5, 0.6) is 5.75 Å². The van der Waals surface area contributed by atoms with Gasteiger partial charge in [0.1, 0.15) is 5.75 Å². The van der Waals surface area contributed by atoms with Gasteiger partial charge in [0.25, 0.3) is 0 Å². The van der Waals surface area contributed by atoms with E-state index < -0.39 is 6.36 Å². The van der Waals surface area contributed by atoms with E-state index in [0.717, 1.165) is 15.6 Å². The molecule has 1 unspecified atom stereocenters. The summed E-state index contributed by atoms with van der Waals surface area (Å²) in [4.78, 5) is 0. The van der Waals surface area contributed by atoms with Gasteiger partial charge in [-0.3, -0.25) is 0 Å². The molecule has 108 valence electrons. The molecule has 0 aliphatic heterocycles. The number of hydrogen-bond donors (Lipinski definition) is 1.